The van der Waals surface area contributed by atoms with Gasteiger partial charge in [0.05, 0.1) is 0 Å². The summed E-state index contributed by atoms with van der Waals surface area (Å²) in [6.45, 7) is 9.92. The van der Waals surface area contributed by atoms with Gasteiger partial charge in [-0.3, -0.25) is 0 Å². The average Bonchev–Trinajstić information content (AvgIpc) is 4.09. The third kappa shape index (κ3) is 7.25. The molecular formula is C58H65Cl2SiZr. The van der Waals surface area contributed by atoms with E-state index in [0.717, 1.165) is 12.8 Å². The SMILES string of the molecule is CCCC1(CC2=Cc3c(-c4ccc5ccccc5c4)cccc3[CH]2[Zr]([Cl])([Cl])([CH]2C(CC3(CCC)CCCC3)=Cc3c(-c4ccc5ccccc5c4)cccc32)[SiH](C)C)CCCC1. The fraction of sp³-hybridized carbons (Fsp3) is 0.379. The van der Waals surface area contributed by atoms with Crippen LogP contribution in [0.2, 0.25) is 13.1 Å². The van der Waals surface area contributed by atoms with Gasteiger partial charge in [-0.1, -0.05) is 0 Å². The Balaban J connectivity index is 1.20. The van der Waals surface area contributed by atoms with Gasteiger partial charge in [0, 0.05) is 0 Å². The molecule has 6 aromatic carbocycles. The summed E-state index contributed by atoms with van der Waals surface area (Å²) in [6.07, 6.45) is 23.2. The van der Waals surface area contributed by atoms with Crippen LogP contribution in [0.1, 0.15) is 133 Å². The second-order valence-corrected chi connectivity index (χ2v) is 63.2. The van der Waals surface area contributed by atoms with E-state index in [0.29, 0.717) is 10.8 Å². The maximum absolute atomic E-state index is 9.31. The van der Waals surface area contributed by atoms with E-state index in [9.17, 15) is 17.0 Å². The fourth-order valence-electron chi connectivity index (χ4n) is 13.8. The Morgan fingerprint density at radius 3 is 1.31 bits per heavy atom. The molecule has 0 aliphatic heterocycles. The molecule has 0 N–H and O–H groups in total. The predicted octanol–water partition coefficient (Wildman–Crippen LogP) is 18.4. The number of halogens is 2. The molecule has 319 valence electrons. The Hall–Kier alpha value is -3.00. The quantitative estimate of drug-likeness (QED) is 0.101. The first-order valence-corrected chi connectivity index (χ1v) is 40.6. The van der Waals surface area contributed by atoms with Gasteiger partial charge in [0.25, 0.3) is 0 Å². The van der Waals surface area contributed by atoms with Crippen LogP contribution >= 0.6 is 17.0 Å². The molecule has 10 rings (SSSR count). The monoisotopic (exact) mass is 949 g/mol. The van der Waals surface area contributed by atoms with Crippen molar-refractivity contribution in [3.05, 3.63) is 155 Å². The Kier molecular flexibility index (Phi) is 11.6. The molecular weight excluding hydrogens is 887 g/mol. The van der Waals surface area contributed by atoms with Crippen molar-refractivity contribution in [1.29, 1.82) is 0 Å². The molecule has 0 bridgehead atoms. The average molecular weight is 952 g/mol. The molecule has 2 saturated carbocycles. The first kappa shape index (κ1) is 42.9. The maximum atomic E-state index is 9.31. The molecule has 0 nitrogen and oxygen atoms in total. The zero-order chi connectivity index (χ0) is 42.7. The van der Waals surface area contributed by atoms with Gasteiger partial charge in [-0.2, -0.15) is 0 Å². The van der Waals surface area contributed by atoms with Crippen molar-refractivity contribution in [3.63, 3.8) is 0 Å². The van der Waals surface area contributed by atoms with E-state index in [-0.39, 0.29) is 7.25 Å². The standard InChI is InChI=1S/2C28H29.C2H7Si.2ClH.Zr/c2*1-2-14-28(15-5-6-16-28)20-21-17-24-10-7-11-26(27(24)18-21)25-13-12-22-8-3-4-9-23(22)19-25;1-3-2;;;/h2*3-4,7-13,17-19H,2,5-6,14-16,20H2,1H3;3H,1-2H3;2*1H;/q;;;;;+2/p-2. The van der Waals surface area contributed by atoms with Crippen LogP contribution in [0.5, 0.6) is 0 Å². The van der Waals surface area contributed by atoms with Crippen LogP contribution in [0.4, 0.5) is 0 Å². The number of benzene rings is 6. The minimum absolute atomic E-state index is 0.0885. The molecule has 6 aromatic rings. The minimum atomic E-state index is -5.15. The van der Waals surface area contributed by atoms with E-state index in [2.05, 4.69) is 160 Å². The zero-order valence-corrected chi connectivity index (χ0v) is 42.7. The second-order valence-electron chi connectivity index (χ2n) is 20.7. The fourth-order valence-corrected chi connectivity index (χ4v) is 45.1. The van der Waals surface area contributed by atoms with E-state index in [1.165, 1.54) is 143 Å². The van der Waals surface area contributed by atoms with E-state index in [4.69, 9.17) is 0 Å². The molecule has 0 aromatic heterocycles. The van der Waals surface area contributed by atoms with Gasteiger partial charge in [-0.05, 0) is 0 Å². The van der Waals surface area contributed by atoms with Crippen LogP contribution in [0.3, 0.4) is 0 Å². The normalized spacial score (nSPS) is 20.9. The van der Waals surface area contributed by atoms with Crippen LogP contribution < -0.4 is 0 Å². The Labute approximate surface area is 381 Å². The summed E-state index contributed by atoms with van der Waals surface area (Å²) in [5.74, 6) is -1.78. The number of hydrogen-bond donors (Lipinski definition) is 0. The molecule has 0 heterocycles. The van der Waals surface area contributed by atoms with Crippen molar-refractivity contribution < 1.29 is 15.6 Å². The van der Waals surface area contributed by atoms with Crippen molar-refractivity contribution in [2.24, 2.45) is 10.8 Å². The number of fused-ring (bicyclic) bond motifs is 4. The third-order valence-electron chi connectivity index (χ3n) is 16.7. The van der Waals surface area contributed by atoms with Crippen LogP contribution in [0.15, 0.2) is 132 Å². The van der Waals surface area contributed by atoms with E-state index in [1.807, 2.05) is 0 Å². The molecule has 0 saturated heterocycles. The van der Waals surface area contributed by atoms with Gasteiger partial charge in [0.2, 0.25) is 0 Å². The summed E-state index contributed by atoms with van der Waals surface area (Å²) >= 11 is -5.15. The molecule has 0 amide bonds. The zero-order valence-electron chi connectivity index (χ0n) is 37.6. The van der Waals surface area contributed by atoms with Gasteiger partial charge in [0.1, 0.15) is 0 Å². The molecule has 62 heavy (non-hydrogen) atoms. The van der Waals surface area contributed by atoms with Crippen LogP contribution in [-0.4, -0.2) is 5.92 Å². The summed E-state index contributed by atoms with van der Waals surface area (Å²) in [5.41, 5.74) is 14.6. The summed E-state index contributed by atoms with van der Waals surface area (Å²) < 4.78 is 0.177. The molecule has 4 heteroatoms. The molecule has 2 fully saturated rings. The van der Waals surface area contributed by atoms with Crippen LogP contribution in [-0.2, 0) is 15.6 Å². The molecule has 4 aliphatic carbocycles. The topological polar surface area (TPSA) is 0 Å². The Morgan fingerprint density at radius 2 is 0.919 bits per heavy atom. The number of rotatable bonds is 13. The molecule has 4 aliphatic rings. The summed E-state index contributed by atoms with van der Waals surface area (Å²) in [4.78, 5) is 0. The molecule has 2 unspecified atom stereocenters. The van der Waals surface area contributed by atoms with E-state index in [1.54, 1.807) is 11.1 Å². The Morgan fingerprint density at radius 1 is 0.516 bits per heavy atom. The molecule has 0 spiro atoms. The van der Waals surface area contributed by atoms with Gasteiger partial charge in [0.15, 0.2) is 0 Å². The number of allylic oxidation sites excluding steroid dienone is 2. The number of hydrogen-bond acceptors (Lipinski definition) is 0. The van der Waals surface area contributed by atoms with Gasteiger partial charge in [-0.25, -0.2) is 0 Å². The Bertz CT molecular complexity index is 2550. The van der Waals surface area contributed by atoms with Crippen molar-refractivity contribution in [2.45, 2.75) is 124 Å². The van der Waals surface area contributed by atoms with Gasteiger partial charge >= 0.3 is 384 Å². The van der Waals surface area contributed by atoms with Gasteiger partial charge in [-0.15, -0.1) is 0 Å². The molecule has 2 atom stereocenters. The first-order chi connectivity index (χ1) is 30.0. The summed E-state index contributed by atoms with van der Waals surface area (Å²) in [6, 6.07) is 46.0. The molecule has 0 radical (unpaired) electrons. The van der Waals surface area contributed by atoms with Crippen molar-refractivity contribution in [2.75, 3.05) is 0 Å². The summed E-state index contributed by atoms with van der Waals surface area (Å²) in [7, 11) is 18.6. The van der Waals surface area contributed by atoms with Crippen LogP contribution in [0.25, 0.3) is 56.0 Å². The van der Waals surface area contributed by atoms with Crippen LogP contribution in [0, 0.1) is 10.8 Å². The first-order valence-electron chi connectivity index (χ1n) is 24.3. The predicted molar refractivity (Wildman–Crippen MR) is 272 cm³/mol. The third-order valence-corrected chi connectivity index (χ3v) is 68.5. The van der Waals surface area contributed by atoms with E-state index < -0.39 is 21.5 Å². The van der Waals surface area contributed by atoms with Crippen molar-refractivity contribution >= 4 is 56.6 Å². The van der Waals surface area contributed by atoms with Crippen molar-refractivity contribution in [1.82, 2.24) is 0 Å². The second kappa shape index (κ2) is 16.8. The van der Waals surface area contributed by atoms with E-state index >= 15 is 0 Å². The van der Waals surface area contributed by atoms with Crippen molar-refractivity contribution in [3.8, 4) is 22.3 Å². The van der Waals surface area contributed by atoms with Gasteiger partial charge < -0.3 is 0 Å². The summed E-state index contributed by atoms with van der Waals surface area (Å²) in [5, 5.41) is 5.15.